The van der Waals surface area contributed by atoms with Gasteiger partial charge in [-0.3, -0.25) is 4.79 Å². The molecule has 1 amide bonds. The van der Waals surface area contributed by atoms with Gasteiger partial charge < -0.3 is 10.1 Å². The van der Waals surface area contributed by atoms with Crippen LogP contribution in [0.1, 0.15) is 17.0 Å². The second kappa shape index (κ2) is 4.94. The van der Waals surface area contributed by atoms with Crippen molar-refractivity contribution in [3.05, 3.63) is 48.0 Å². The van der Waals surface area contributed by atoms with E-state index >= 15 is 0 Å². The molecule has 84 valence electrons. The van der Waals surface area contributed by atoms with E-state index in [0.29, 0.717) is 12.5 Å². The number of benzene rings is 1. The predicted molar refractivity (Wildman–Crippen MR) is 62.0 cm³/mol. The monoisotopic (exact) mass is 217 g/mol. The summed E-state index contributed by atoms with van der Waals surface area (Å²) in [5, 5.41) is 2.74. The second-order valence-corrected chi connectivity index (χ2v) is 3.90. The first kappa shape index (κ1) is 10.9. The van der Waals surface area contributed by atoms with Gasteiger partial charge in [-0.15, -0.1) is 0 Å². The maximum absolute atomic E-state index is 11.0. The van der Waals surface area contributed by atoms with Gasteiger partial charge in [-0.1, -0.05) is 30.8 Å². The molecule has 1 aliphatic rings. The Labute approximate surface area is 95.1 Å². The van der Waals surface area contributed by atoms with E-state index in [0.717, 1.165) is 18.8 Å². The van der Waals surface area contributed by atoms with Crippen LogP contribution in [0.4, 0.5) is 0 Å². The number of carbonyl (C=O) groups is 1. The highest BCUT2D eigenvalue weighted by Gasteiger charge is 2.19. The van der Waals surface area contributed by atoms with Crippen molar-refractivity contribution in [3.63, 3.8) is 0 Å². The van der Waals surface area contributed by atoms with Gasteiger partial charge in [0.25, 0.3) is 0 Å². The van der Waals surface area contributed by atoms with Crippen LogP contribution in [0.25, 0.3) is 0 Å². The smallest absolute Gasteiger partial charge is 0.243 e. The number of rotatable bonds is 4. The number of hydrogen-bond donors (Lipinski definition) is 1. The molecule has 1 aromatic carbocycles. The van der Waals surface area contributed by atoms with E-state index in [1.54, 1.807) is 0 Å². The molecule has 1 N–H and O–H groups in total. The molecule has 0 aromatic heterocycles. The highest BCUT2D eigenvalue weighted by molar-refractivity contribution is 5.86. The van der Waals surface area contributed by atoms with Crippen molar-refractivity contribution < 1.29 is 9.53 Å². The summed E-state index contributed by atoms with van der Waals surface area (Å²) in [6, 6.07) is 8.28. The minimum Gasteiger partial charge on any atom is -0.380 e. The van der Waals surface area contributed by atoms with E-state index in [1.807, 2.05) is 12.1 Å². The lowest BCUT2D eigenvalue weighted by molar-refractivity contribution is -0.116. The Kier molecular flexibility index (Phi) is 3.37. The third-order valence-corrected chi connectivity index (χ3v) is 2.74. The summed E-state index contributed by atoms with van der Waals surface area (Å²) in [6.07, 6.45) is 1.28. The van der Waals surface area contributed by atoms with Crippen molar-refractivity contribution in [2.45, 2.75) is 12.5 Å². The van der Waals surface area contributed by atoms with Crippen LogP contribution in [0.15, 0.2) is 36.9 Å². The van der Waals surface area contributed by atoms with Crippen molar-refractivity contribution in [2.75, 3.05) is 13.2 Å². The first-order valence-corrected chi connectivity index (χ1v) is 5.36. The maximum atomic E-state index is 11.0. The summed E-state index contributed by atoms with van der Waals surface area (Å²) in [5.74, 6) is 0.410. The molecule has 3 nitrogen and oxygen atoms in total. The molecule has 1 aliphatic heterocycles. The minimum absolute atomic E-state index is 0.142. The van der Waals surface area contributed by atoms with E-state index in [9.17, 15) is 4.79 Å². The van der Waals surface area contributed by atoms with Crippen molar-refractivity contribution in [3.8, 4) is 0 Å². The molecular formula is C13H15NO2. The van der Waals surface area contributed by atoms with E-state index in [1.165, 1.54) is 11.6 Å². The fourth-order valence-corrected chi connectivity index (χ4v) is 1.60. The van der Waals surface area contributed by atoms with Gasteiger partial charge in [-0.2, -0.15) is 0 Å². The molecule has 0 unspecified atom stereocenters. The molecule has 1 heterocycles. The Morgan fingerprint density at radius 2 is 2.12 bits per heavy atom. The molecule has 1 fully saturated rings. The molecular weight excluding hydrogens is 202 g/mol. The summed E-state index contributed by atoms with van der Waals surface area (Å²) in [7, 11) is 0. The molecule has 0 radical (unpaired) electrons. The summed E-state index contributed by atoms with van der Waals surface area (Å²) in [4.78, 5) is 11.0. The van der Waals surface area contributed by atoms with Crippen molar-refractivity contribution in [1.29, 1.82) is 0 Å². The van der Waals surface area contributed by atoms with E-state index < -0.39 is 0 Å². The van der Waals surface area contributed by atoms with E-state index in [2.05, 4.69) is 24.0 Å². The Morgan fingerprint density at radius 1 is 1.44 bits per heavy atom. The Bertz CT molecular complexity index is 379. The molecule has 2 rings (SSSR count). The van der Waals surface area contributed by atoms with Gasteiger partial charge in [-0.25, -0.2) is 0 Å². The largest absolute Gasteiger partial charge is 0.380 e. The molecule has 0 aliphatic carbocycles. The Hall–Kier alpha value is -1.61. The van der Waals surface area contributed by atoms with Gasteiger partial charge in [0, 0.05) is 12.5 Å². The molecule has 1 aromatic rings. The van der Waals surface area contributed by atoms with Crippen molar-refractivity contribution in [2.24, 2.45) is 0 Å². The standard InChI is InChI=1S/C13H15NO2/c1-2-13(15)14-7-10-3-5-11(6-4-10)12-8-16-9-12/h2-6,12H,1,7-9H2,(H,14,15). The highest BCUT2D eigenvalue weighted by atomic mass is 16.5. The molecule has 0 bridgehead atoms. The predicted octanol–water partition coefficient (Wildman–Crippen LogP) is 1.60. The second-order valence-electron chi connectivity index (χ2n) is 3.90. The van der Waals surface area contributed by atoms with Crippen LogP contribution >= 0.6 is 0 Å². The lowest BCUT2D eigenvalue weighted by Crippen LogP contribution is -2.25. The fraction of sp³-hybridized carbons (Fsp3) is 0.308. The SMILES string of the molecule is C=CC(=O)NCc1ccc(C2COC2)cc1. The van der Waals surface area contributed by atoms with Gasteiger partial charge in [0.15, 0.2) is 0 Å². The van der Waals surface area contributed by atoms with Crippen LogP contribution in [-0.4, -0.2) is 19.1 Å². The topological polar surface area (TPSA) is 38.3 Å². The van der Waals surface area contributed by atoms with Gasteiger partial charge >= 0.3 is 0 Å². The zero-order valence-corrected chi connectivity index (χ0v) is 9.11. The van der Waals surface area contributed by atoms with Crippen molar-refractivity contribution in [1.82, 2.24) is 5.32 Å². The summed E-state index contributed by atoms with van der Waals surface area (Å²) >= 11 is 0. The third-order valence-electron chi connectivity index (χ3n) is 2.74. The quantitative estimate of drug-likeness (QED) is 0.778. The summed E-state index contributed by atoms with van der Waals surface area (Å²) in [5.41, 5.74) is 2.41. The van der Waals surface area contributed by atoms with Gasteiger partial charge in [0.1, 0.15) is 0 Å². The van der Waals surface area contributed by atoms with Crippen LogP contribution in [-0.2, 0) is 16.1 Å². The maximum Gasteiger partial charge on any atom is 0.243 e. The first-order chi connectivity index (χ1) is 7.79. The molecule has 0 atom stereocenters. The first-order valence-electron chi connectivity index (χ1n) is 5.36. The van der Waals surface area contributed by atoms with Gasteiger partial charge in [0.05, 0.1) is 13.2 Å². The zero-order chi connectivity index (χ0) is 11.4. The highest BCUT2D eigenvalue weighted by Crippen LogP contribution is 2.23. The Balaban J connectivity index is 1.91. The van der Waals surface area contributed by atoms with Crippen LogP contribution < -0.4 is 5.32 Å². The normalized spacial score (nSPS) is 15.2. The van der Waals surface area contributed by atoms with Crippen LogP contribution in [0.3, 0.4) is 0 Å². The third kappa shape index (κ3) is 2.49. The molecule has 0 spiro atoms. The number of carbonyl (C=O) groups excluding carboxylic acids is 1. The van der Waals surface area contributed by atoms with Crippen molar-refractivity contribution >= 4 is 5.91 Å². The number of amides is 1. The van der Waals surface area contributed by atoms with Crippen LogP contribution in [0.5, 0.6) is 0 Å². The number of ether oxygens (including phenoxy) is 1. The number of hydrogen-bond acceptors (Lipinski definition) is 2. The van der Waals surface area contributed by atoms with Gasteiger partial charge in [-0.05, 0) is 17.2 Å². The average Bonchev–Trinajstić information content (AvgIpc) is 2.25. The average molecular weight is 217 g/mol. The fourth-order valence-electron chi connectivity index (χ4n) is 1.60. The Morgan fingerprint density at radius 3 is 2.62 bits per heavy atom. The lowest BCUT2D eigenvalue weighted by atomic mass is 9.97. The van der Waals surface area contributed by atoms with E-state index in [-0.39, 0.29) is 5.91 Å². The molecule has 1 saturated heterocycles. The lowest BCUT2D eigenvalue weighted by Gasteiger charge is -2.26. The minimum atomic E-state index is -0.142. The van der Waals surface area contributed by atoms with Crippen LogP contribution in [0.2, 0.25) is 0 Å². The molecule has 16 heavy (non-hydrogen) atoms. The summed E-state index contributed by atoms with van der Waals surface area (Å²) < 4.78 is 5.14. The number of nitrogens with one attached hydrogen (secondary N) is 1. The molecule has 0 saturated carbocycles. The molecule has 3 heteroatoms. The summed E-state index contributed by atoms with van der Waals surface area (Å²) in [6.45, 7) is 5.60. The van der Waals surface area contributed by atoms with E-state index in [4.69, 9.17) is 4.74 Å². The van der Waals surface area contributed by atoms with Gasteiger partial charge in [0.2, 0.25) is 5.91 Å². The zero-order valence-electron chi connectivity index (χ0n) is 9.11. The van der Waals surface area contributed by atoms with Crippen LogP contribution in [0, 0.1) is 0 Å².